The molecule has 0 amide bonds. The molecule has 0 fully saturated rings. The Hall–Kier alpha value is -4.21. The van der Waals surface area contributed by atoms with Crippen molar-refractivity contribution >= 4 is 17.9 Å². The van der Waals surface area contributed by atoms with Crippen LogP contribution in [0.4, 0.5) is 0 Å². The number of aliphatic carboxylic acids is 2. The van der Waals surface area contributed by atoms with Crippen molar-refractivity contribution in [1.29, 1.82) is 10.5 Å². The van der Waals surface area contributed by atoms with Gasteiger partial charge in [0.15, 0.2) is 6.10 Å². The van der Waals surface area contributed by atoms with Gasteiger partial charge in [-0.2, -0.15) is 10.5 Å². The molecule has 0 radical (unpaired) electrons. The molecule has 2 rings (SSSR count). The largest absolute Gasteiger partial charge is 0.479 e. The average molecular weight is 396 g/mol. The first-order valence-corrected chi connectivity index (χ1v) is 8.00. The number of aliphatic hydroxyl groups excluding tert-OH is 1. The molecule has 0 saturated carbocycles. The minimum Gasteiger partial charge on any atom is -0.479 e. The maximum absolute atomic E-state index is 10.8. The van der Waals surface area contributed by atoms with Crippen molar-refractivity contribution in [3.63, 3.8) is 0 Å². The summed E-state index contributed by atoms with van der Waals surface area (Å²) in [6, 6.07) is 15.4. The van der Waals surface area contributed by atoms with Gasteiger partial charge in [-0.3, -0.25) is 4.79 Å². The molecule has 2 aromatic rings. The molecule has 0 saturated heterocycles. The van der Waals surface area contributed by atoms with Crippen LogP contribution in [0.1, 0.15) is 41.4 Å². The molecule has 0 aliphatic carbocycles. The molecule has 2 atom stereocenters. The van der Waals surface area contributed by atoms with Crippen molar-refractivity contribution in [2.24, 2.45) is 0 Å². The molecule has 9 heteroatoms. The van der Waals surface area contributed by atoms with Gasteiger partial charge in [-0.15, -0.1) is 0 Å². The molecule has 0 bridgehead atoms. The van der Waals surface area contributed by atoms with Gasteiger partial charge in [0, 0.05) is 12.5 Å². The predicted octanol–water partition coefficient (Wildman–Crippen LogP) is 1.92. The number of rotatable bonds is 5. The monoisotopic (exact) mass is 396 g/mol. The lowest BCUT2D eigenvalue weighted by atomic mass is 10.1. The van der Waals surface area contributed by atoms with Gasteiger partial charge in [0.1, 0.15) is 0 Å². The van der Waals surface area contributed by atoms with E-state index in [2.05, 4.69) is 4.74 Å². The van der Waals surface area contributed by atoms with Crippen LogP contribution in [0.2, 0.25) is 0 Å². The number of hydrogen-bond acceptors (Lipinski definition) is 7. The molecule has 29 heavy (non-hydrogen) atoms. The number of benzene rings is 2. The fraction of sp³-hybridized carbons (Fsp3) is 0.150. The number of aliphatic hydroxyl groups is 1. The SMILES string of the molecule is CC(=O)OC(C(=O)O)c1ccc(C#N)cc1.N#Cc1ccc(C(O)C(=O)O)cc1. The highest BCUT2D eigenvalue weighted by molar-refractivity contribution is 5.78. The minimum absolute atomic E-state index is 0.270. The van der Waals surface area contributed by atoms with Crippen molar-refractivity contribution in [1.82, 2.24) is 0 Å². The molecule has 2 unspecified atom stereocenters. The van der Waals surface area contributed by atoms with E-state index in [-0.39, 0.29) is 5.56 Å². The highest BCUT2D eigenvalue weighted by atomic mass is 16.6. The molecular formula is C20H16N2O7. The maximum Gasteiger partial charge on any atom is 0.349 e. The number of nitrogens with zero attached hydrogens (tertiary/aromatic N) is 2. The van der Waals surface area contributed by atoms with Crippen LogP contribution in [0.3, 0.4) is 0 Å². The van der Waals surface area contributed by atoms with E-state index < -0.39 is 30.1 Å². The Morgan fingerprint density at radius 3 is 1.55 bits per heavy atom. The summed E-state index contributed by atoms with van der Waals surface area (Å²) in [5.41, 5.74) is 1.44. The first-order valence-electron chi connectivity index (χ1n) is 8.00. The van der Waals surface area contributed by atoms with Crippen molar-refractivity contribution < 1.29 is 34.4 Å². The topological polar surface area (TPSA) is 169 Å². The quantitative estimate of drug-likeness (QED) is 0.639. The molecule has 0 aliphatic rings. The second-order valence-corrected chi connectivity index (χ2v) is 5.54. The lowest BCUT2D eigenvalue weighted by molar-refractivity contribution is -0.163. The van der Waals surface area contributed by atoms with Crippen LogP contribution < -0.4 is 0 Å². The van der Waals surface area contributed by atoms with E-state index in [1.807, 2.05) is 12.1 Å². The summed E-state index contributed by atoms with van der Waals surface area (Å²) in [6.45, 7) is 1.14. The van der Waals surface area contributed by atoms with Crippen LogP contribution in [0.25, 0.3) is 0 Å². The molecular weight excluding hydrogens is 380 g/mol. The van der Waals surface area contributed by atoms with Gasteiger partial charge < -0.3 is 20.1 Å². The zero-order valence-electron chi connectivity index (χ0n) is 15.1. The number of carbonyl (C=O) groups excluding carboxylic acids is 1. The minimum atomic E-state index is -1.52. The summed E-state index contributed by atoms with van der Waals surface area (Å²) < 4.78 is 4.65. The summed E-state index contributed by atoms with van der Waals surface area (Å²) in [5.74, 6) is -3.22. The van der Waals surface area contributed by atoms with E-state index in [9.17, 15) is 14.4 Å². The Labute approximate surface area is 165 Å². The van der Waals surface area contributed by atoms with E-state index in [1.54, 1.807) is 0 Å². The third kappa shape index (κ3) is 7.13. The number of ether oxygens (including phenoxy) is 1. The summed E-state index contributed by atoms with van der Waals surface area (Å²) >= 11 is 0. The highest BCUT2D eigenvalue weighted by Gasteiger charge is 2.22. The standard InChI is InChI=1S/C11H9NO4.C9H7NO3/c1-7(13)16-10(11(14)15)9-4-2-8(6-12)3-5-9;10-5-6-1-3-7(4-2-6)8(11)9(12)13/h2-5,10H,1H3,(H,14,15);1-4,8,11H,(H,12,13). The Bertz CT molecular complexity index is 954. The predicted molar refractivity (Wildman–Crippen MR) is 97.1 cm³/mol. The number of nitriles is 2. The van der Waals surface area contributed by atoms with Crippen molar-refractivity contribution in [3.8, 4) is 12.1 Å². The summed E-state index contributed by atoms with van der Waals surface area (Å²) in [5, 5.41) is 43.4. The van der Waals surface area contributed by atoms with Crippen LogP contribution in [0.5, 0.6) is 0 Å². The van der Waals surface area contributed by atoms with E-state index in [0.717, 1.165) is 6.92 Å². The lowest BCUT2D eigenvalue weighted by Gasteiger charge is -2.12. The lowest BCUT2D eigenvalue weighted by Crippen LogP contribution is -2.17. The molecule has 0 heterocycles. The molecule has 148 valence electrons. The highest BCUT2D eigenvalue weighted by Crippen LogP contribution is 2.18. The smallest absolute Gasteiger partial charge is 0.349 e. The fourth-order valence-electron chi connectivity index (χ4n) is 2.04. The van der Waals surface area contributed by atoms with Gasteiger partial charge in [0.2, 0.25) is 6.10 Å². The summed E-state index contributed by atoms with van der Waals surface area (Å²) in [4.78, 5) is 31.9. The third-order valence-electron chi connectivity index (χ3n) is 3.44. The molecule has 0 aromatic heterocycles. The van der Waals surface area contributed by atoms with Gasteiger partial charge in [-0.05, 0) is 29.8 Å². The van der Waals surface area contributed by atoms with E-state index >= 15 is 0 Å². The van der Waals surface area contributed by atoms with E-state index in [0.29, 0.717) is 16.7 Å². The van der Waals surface area contributed by atoms with Crippen molar-refractivity contribution in [2.45, 2.75) is 19.1 Å². The molecule has 0 spiro atoms. The molecule has 0 aliphatic heterocycles. The fourth-order valence-corrected chi connectivity index (χ4v) is 2.04. The Kier molecular flexibility index (Phi) is 8.52. The maximum atomic E-state index is 10.8. The van der Waals surface area contributed by atoms with Crippen molar-refractivity contribution in [2.75, 3.05) is 0 Å². The first-order chi connectivity index (χ1) is 13.7. The van der Waals surface area contributed by atoms with Gasteiger partial charge in [0.25, 0.3) is 0 Å². The van der Waals surface area contributed by atoms with Gasteiger partial charge >= 0.3 is 17.9 Å². The molecule has 2 aromatic carbocycles. The first kappa shape index (κ1) is 22.8. The summed E-state index contributed by atoms with van der Waals surface area (Å²) in [6.07, 6.45) is -2.85. The van der Waals surface area contributed by atoms with Gasteiger partial charge in [-0.1, -0.05) is 24.3 Å². The Balaban J connectivity index is 0.000000296. The number of esters is 1. The summed E-state index contributed by atoms with van der Waals surface area (Å²) in [7, 11) is 0. The van der Waals surface area contributed by atoms with Crippen LogP contribution in [-0.4, -0.2) is 33.2 Å². The second kappa shape index (κ2) is 10.8. The van der Waals surface area contributed by atoms with Gasteiger partial charge in [0.05, 0.1) is 23.3 Å². The third-order valence-corrected chi connectivity index (χ3v) is 3.44. The molecule has 3 N–H and O–H groups in total. The van der Waals surface area contributed by atoms with E-state index in [4.69, 9.17) is 25.8 Å². The zero-order chi connectivity index (χ0) is 22.0. The number of hydrogen-bond donors (Lipinski definition) is 3. The van der Waals surface area contributed by atoms with Crippen LogP contribution in [0, 0.1) is 22.7 Å². The van der Waals surface area contributed by atoms with E-state index in [1.165, 1.54) is 48.5 Å². The number of carboxylic acids is 2. The molecule has 9 nitrogen and oxygen atoms in total. The number of carboxylic acid groups (broad SMARTS) is 2. The zero-order valence-corrected chi connectivity index (χ0v) is 15.1. The Morgan fingerprint density at radius 2 is 1.24 bits per heavy atom. The Morgan fingerprint density at radius 1 is 0.828 bits per heavy atom. The van der Waals surface area contributed by atoms with Crippen LogP contribution in [0.15, 0.2) is 48.5 Å². The average Bonchev–Trinajstić information content (AvgIpc) is 2.71. The van der Waals surface area contributed by atoms with Crippen molar-refractivity contribution in [3.05, 3.63) is 70.8 Å². The van der Waals surface area contributed by atoms with Gasteiger partial charge in [-0.25, -0.2) is 9.59 Å². The van der Waals surface area contributed by atoms with Crippen LogP contribution >= 0.6 is 0 Å². The second-order valence-electron chi connectivity index (χ2n) is 5.54. The number of carbonyl (C=O) groups is 3. The van der Waals surface area contributed by atoms with Crippen LogP contribution in [-0.2, 0) is 19.1 Å². The normalized spacial score (nSPS) is 11.4.